The van der Waals surface area contributed by atoms with Gasteiger partial charge in [-0.3, -0.25) is 4.79 Å². The Bertz CT molecular complexity index is 1280. The SMILES string of the molecule is CCc1ccc(C2NC(=O)c3sc4nc(C(F)(F)F)cc(-c5cccs5)c4c3N2)cc1. The third kappa shape index (κ3) is 3.47. The number of carbonyl (C=O) groups is 1. The lowest BCUT2D eigenvalue weighted by molar-refractivity contribution is -0.140. The van der Waals surface area contributed by atoms with Crippen LogP contribution in [0, 0.1) is 0 Å². The number of fused-ring (bicyclic) bond motifs is 3. The van der Waals surface area contributed by atoms with E-state index in [9.17, 15) is 18.0 Å². The smallest absolute Gasteiger partial charge is 0.360 e. The van der Waals surface area contributed by atoms with Crippen molar-refractivity contribution in [2.75, 3.05) is 5.32 Å². The molecule has 1 aromatic carbocycles. The van der Waals surface area contributed by atoms with Crippen LogP contribution in [0.25, 0.3) is 20.7 Å². The molecular weight excluding hydrogens is 443 g/mol. The van der Waals surface area contributed by atoms with Gasteiger partial charge >= 0.3 is 6.18 Å². The zero-order valence-corrected chi connectivity index (χ0v) is 17.8. The summed E-state index contributed by atoms with van der Waals surface area (Å²) in [6, 6.07) is 12.5. The quantitative estimate of drug-likeness (QED) is 0.370. The number of rotatable bonds is 3. The maximum Gasteiger partial charge on any atom is 0.433 e. The van der Waals surface area contributed by atoms with E-state index in [0.29, 0.717) is 26.4 Å². The Morgan fingerprint density at radius 2 is 1.90 bits per heavy atom. The van der Waals surface area contributed by atoms with Gasteiger partial charge in [0.1, 0.15) is 21.6 Å². The molecule has 0 aliphatic carbocycles. The van der Waals surface area contributed by atoms with Crippen LogP contribution in [-0.4, -0.2) is 10.9 Å². The number of benzene rings is 1. The fraction of sp³-hybridized carbons (Fsp3) is 0.182. The van der Waals surface area contributed by atoms with Crippen LogP contribution in [0.15, 0.2) is 47.8 Å². The minimum atomic E-state index is -4.58. The molecule has 1 aliphatic rings. The highest BCUT2D eigenvalue weighted by molar-refractivity contribution is 7.21. The summed E-state index contributed by atoms with van der Waals surface area (Å²) in [5, 5.41) is 8.58. The Hall–Kier alpha value is -2.91. The number of pyridine rings is 1. The standard InChI is InChI=1S/C22H16F3N3OS2/c1-2-11-5-7-12(8-6-11)19-27-17-16-13(14-4-3-9-30-14)10-15(22(23,24)25)26-21(16)31-18(17)20(29)28-19/h3-10,19,27H,2H2,1H3,(H,28,29). The molecule has 4 nitrogen and oxygen atoms in total. The number of carbonyl (C=O) groups excluding carboxylic acids is 1. The topological polar surface area (TPSA) is 54.0 Å². The van der Waals surface area contributed by atoms with Gasteiger partial charge in [0.25, 0.3) is 5.91 Å². The predicted molar refractivity (Wildman–Crippen MR) is 118 cm³/mol. The Morgan fingerprint density at radius 1 is 1.13 bits per heavy atom. The normalized spacial score (nSPS) is 16.1. The van der Waals surface area contributed by atoms with E-state index in [1.165, 1.54) is 16.9 Å². The maximum absolute atomic E-state index is 13.5. The van der Waals surface area contributed by atoms with Crippen LogP contribution in [0.2, 0.25) is 0 Å². The van der Waals surface area contributed by atoms with Crippen LogP contribution >= 0.6 is 22.7 Å². The third-order valence-corrected chi connectivity index (χ3v) is 7.22. The average molecular weight is 460 g/mol. The first-order valence-electron chi connectivity index (χ1n) is 9.60. The number of amides is 1. The fourth-order valence-electron chi connectivity index (χ4n) is 3.66. The molecule has 158 valence electrons. The largest absolute Gasteiger partial charge is 0.433 e. The zero-order valence-electron chi connectivity index (χ0n) is 16.2. The van der Waals surface area contributed by atoms with Crippen molar-refractivity contribution < 1.29 is 18.0 Å². The summed E-state index contributed by atoms with van der Waals surface area (Å²) < 4.78 is 40.5. The molecule has 0 radical (unpaired) electrons. The van der Waals surface area contributed by atoms with Crippen molar-refractivity contribution in [1.29, 1.82) is 0 Å². The van der Waals surface area contributed by atoms with Crippen LogP contribution in [0.5, 0.6) is 0 Å². The number of nitrogens with one attached hydrogen (secondary N) is 2. The van der Waals surface area contributed by atoms with Crippen molar-refractivity contribution in [2.45, 2.75) is 25.7 Å². The van der Waals surface area contributed by atoms with Crippen LogP contribution in [-0.2, 0) is 12.6 Å². The van der Waals surface area contributed by atoms with Crippen LogP contribution in [0.3, 0.4) is 0 Å². The van der Waals surface area contributed by atoms with Gasteiger partial charge in [-0.05, 0) is 35.1 Å². The third-order valence-electron chi connectivity index (χ3n) is 5.23. The predicted octanol–water partition coefficient (Wildman–Crippen LogP) is 6.46. The minimum absolute atomic E-state index is 0.188. The summed E-state index contributed by atoms with van der Waals surface area (Å²) in [5.41, 5.74) is 2.03. The zero-order chi connectivity index (χ0) is 21.8. The highest BCUT2D eigenvalue weighted by Gasteiger charge is 2.36. The highest BCUT2D eigenvalue weighted by atomic mass is 32.1. The lowest BCUT2D eigenvalue weighted by atomic mass is 10.0. The van der Waals surface area contributed by atoms with Crippen molar-refractivity contribution in [3.05, 3.63) is 69.5 Å². The molecule has 0 spiro atoms. The van der Waals surface area contributed by atoms with Crippen molar-refractivity contribution in [3.8, 4) is 10.4 Å². The molecule has 0 fully saturated rings. The van der Waals surface area contributed by atoms with Gasteiger partial charge in [0.2, 0.25) is 0 Å². The molecule has 1 amide bonds. The van der Waals surface area contributed by atoms with Crippen LogP contribution < -0.4 is 10.6 Å². The number of aromatic nitrogens is 1. The number of hydrogen-bond acceptors (Lipinski definition) is 5. The molecular formula is C22H16F3N3OS2. The summed E-state index contributed by atoms with van der Waals surface area (Å²) in [7, 11) is 0. The molecule has 5 rings (SSSR count). The lowest BCUT2D eigenvalue weighted by Gasteiger charge is -2.27. The summed E-state index contributed by atoms with van der Waals surface area (Å²) in [5.74, 6) is -0.327. The number of hydrogen-bond donors (Lipinski definition) is 2. The first-order valence-corrected chi connectivity index (χ1v) is 11.3. The molecule has 4 aromatic rings. The van der Waals surface area contributed by atoms with Crippen molar-refractivity contribution >= 4 is 44.5 Å². The number of halogens is 3. The van der Waals surface area contributed by atoms with E-state index >= 15 is 0 Å². The second-order valence-electron chi connectivity index (χ2n) is 7.16. The second kappa shape index (κ2) is 7.35. The number of alkyl halides is 3. The Labute approximate surface area is 183 Å². The Morgan fingerprint density at radius 3 is 2.55 bits per heavy atom. The number of aryl methyl sites for hydroxylation is 1. The Balaban J connectivity index is 1.68. The van der Waals surface area contributed by atoms with Gasteiger partial charge < -0.3 is 10.6 Å². The van der Waals surface area contributed by atoms with Gasteiger partial charge in [-0.15, -0.1) is 22.7 Å². The van der Waals surface area contributed by atoms with E-state index in [2.05, 4.69) is 22.5 Å². The molecule has 1 aliphatic heterocycles. The van der Waals surface area contributed by atoms with Crippen LogP contribution in [0.4, 0.5) is 18.9 Å². The van der Waals surface area contributed by atoms with E-state index in [1.807, 2.05) is 29.6 Å². The molecule has 9 heteroatoms. The van der Waals surface area contributed by atoms with E-state index in [4.69, 9.17) is 0 Å². The molecule has 2 N–H and O–H groups in total. The van der Waals surface area contributed by atoms with Crippen molar-refractivity contribution in [1.82, 2.24) is 10.3 Å². The lowest BCUT2D eigenvalue weighted by Crippen LogP contribution is -2.37. The average Bonchev–Trinajstić information content (AvgIpc) is 3.41. The molecule has 0 bridgehead atoms. The van der Waals surface area contributed by atoms with Crippen molar-refractivity contribution in [2.24, 2.45) is 0 Å². The van der Waals surface area contributed by atoms with Gasteiger partial charge in [0.05, 0.1) is 5.69 Å². The summed E-state index contributed by atoms with van der Waals surface area (Å²) >= 11 is 2.32. The Kier molecular flexibility index (Phi) is 4.75. The number of thiophene rings is 2. The molecule has 3 aromatic heterocycles. The summed E-state index contributed by atoms with van der Waals surface area (Å²) in [6.07, 6.45) is -4.16. The molecule has 0 saturated heterocycles. The monoisotopic (exact) mass is 459 g/mol. The van der Waals surface area contributed by atoms with Gasteiger partial charge in [-0.25, -0.2) is 4.98 Å². The molecule has 1 atom stereocenters. The number of anilines is 1. The van der Waals surface area contributed by atoms with Gasteiger partial charge in [-0.1, -0.05) is 37.3 Å². The summed E-state index contributed by atoms with van der Waals surface area (Å²) in [6.45, 7) is 2.06. The molecule has 0 saturated carbocycles. The molecule has 1 unspecified atom stereocenters. The van der Waals surface area contributed by atoms with Gasteiger partial charge in [0, 0.05) is 15.8 Å². The van der Waals surface area contributed by atoms with E-state index < -0.39 is 18.0 Å². The van der Waals surface area contributed by atoms with Crippen molar-refractivity contribution in [3.63, 3.8) is 0 Å². The van der Waals surface area contributed by atoms with E-state index in [-0.39, 0.29) is 10.7 Å². The highest BCUT2D eigenvalue weighted by Crippen LogP contribution is 2.46. The first kappa shape index (κ1) is 20.0. The minimum Gasteiger partial charge on any atom is -0.360 e. The van der Waals surface area contributed by atoms with E-state index in [1.54, 1.807) is 12.1 Å². The van der Waals surface area contributed by atoms with Gasteiger partial charge in [-0.2, -0.15) is 13.2 Å². The molecule has 4 heterocycles. The first-order chi connectivity index (χ1) is 14.8. The van der Waals surface area contributed by atoms with Gasteiger partial charge in [0.15, 0.2) is 0 Å². The number of nitrogens with zero attached hydrogens (tertiary/aromatic N) is 1. The van der Waals surface area contributed by atoms with Crippen LogP contribution in [0.1, 0.15) is 39.6 Å². The second-order valence-corrected chi connectivity index (χ2v) is 9.11. The maximum atomic E-state index is 13.5. The molecule has 31 heavy (non-hydrogen) atoms. The summed E-state index contributed by atoms with van der Waals surface area (Å²) in [4.78, 5) is 17.9. The van der Waals surface area contributed by atoms with E-state index in [0.717, 1.165) is 29.4 Å². The fourth-order valence-corrected chi connectivity index (χ4v) is 5.47.